The van der Waals surface area contributed by atoms with Crippen molar-refractivity contribution in [2.75, 3.05) is 18.9 Å². The van der Waals surface area contributed by atoms with E-state index in [1.54, 1.807) is 13.1 Å². The summed E-state index contributed by atoms with van der Waals surface area (Å²) >= 11 is 5.57. The van der Waals surface area contributed by atoms with Gasteiger partial charge in [0.15, 0.2) is 0 Å². The third kappa shape index (κ3) is 4.64. The number of hydrogen-bond donors (Lipinski definition) is 2. The molecule has 2 N–H and O–H groups in total. The molecule has 3 nitrogen and oxygen atoms in total. The number of anilines is 1. The second kappa shape index (κ2) is 7.25. The lowest BCUT2D eigenvalue weighted by Gasteiger charge is -1.97. The van der Waals surface area contributed by atoms with Crippen LogP contribution < -0.4 is 10.6 Å². The standard InChI is InChI=1S/C6H7ClN2.C6H11N/c1-8-6-4-2-3-5(7)9-6;1-2-6-4-3-5-7-6/h2-4H,1H3,(H,8,9);2,6-7H,1,3-5H2. The molecule has 1 aromatic rings. The molecule has 4 heteroatoms. The fourth-order valence-corrected chi connectivity index (χ4v) is 1.62. The van der Waals surface area contributed by atoms with E-state index in [0.717, 1.165) is 5.82 Å². The van der Waals surface area contributed by atoms with Crippen LogP contribution in [0.15, 0.2) is 30.9 Å². The Morgan fingerprint density at radius 1 is 1.62 bits per heavy atom. The summed E-state index contributed by atoms with van der Waals surface area (Å²) in [6.45, 7) is 4.86. The van der Waals surface area contributed by atoms with Crippen LogP contribution >= 0.6 is 11.6 Å². The molecule has 1 aromatic heterocycles. The fourth-order valence-electron chi connectivity index (χ4n) is 1.46. The second-order valence-electron chi connectivity index (χ2n) is 3.53. The Morgan fingerprint density at radius 2 is 2.44 bits per heavy atom. The van der Waals surface area contributed by atoms with Gasteiger partial charge in [-0.15, -0.1) is 6.58 Å². The molecular formula is C12H18ClN3. The van der Waals surface area contributed by atoms with Crippen molar-refractivity contribution in [3.05, 3.63) is 36.0 Å². The zero-order valence-electron chi connectivity index (χ0n) is 9.54. The van der Waals surface area contributed by atoms with Gasteiger partial charge in [0.25, 0.3) is 0 Å². The van der Waals surface area contributed by atoms with Crippen LogP contribution in [0.2, 0.25) is 5.15 Å². The molecule has 0 saturated carbocycles. The van der Waals surface area contributed by atoms with E-state index in [0.29, 0.717) is 11.2 Å². The third-order valence-corrected chi connectivity index (χ3v) is 2.56. The van der Waals surface area contributed by atoms with Crippen LogP contribution in [0.4, 0.5) is 5.82 Å². The van der Waals surface area contributed by atoms with Crippen molar-refractivity contribution in [1.82, 2.24) is 10.3 Å². The topological polar surface area (TPSA) is 37.0 Å². The monoisotopic (exact) mass is 239 g/mol. The largest absolute Gasteiger partial charge is 0.373 e. The molecule has 1 saturated heterocycles. The number of hydrogen-bond acceptors (Lipinski definition) is 3. The quantitative estimate of drug-likeness (QED) is 0.616. The summed E-state index contributed by atoms with van der Waals surface area (Å²) in [5.74, 6) is 0.794. The average molecular weight is 240 g/mol. The van der Waals surface area contributed by atoms with Crippen molar-refractivity contribution < 1.29 is 0 Å². The van der Waals surface area contributed by atoms with Gasteiger partial charge in [-0.2, -0.15) is 0 Å². The van der Waals surface area contributed by atoms with Gasteiger partial charge in [0.05, 0.1) is 0 Å². The minimum absolute atomic E-state index is 0.516. The molecule has 0 aliphatic carbocycles. The predicted molar refractivity (Wildman–Crippen MR) is 70.0 cm³/mol. The summed E-state index contributed by atoms with van der Waals surface area (Å²) < 4.78 is 0. The summed E-state index contributed by atoms with van der Waals surface area (Å²) in [5, 5.41) is 6.68. The summed E-state index contributed by atoms with van der Waals surface area (Å²) in [4.78, 5) is 3.95. The van der Waals surface area contributed by atoms with E-state index in [-0.39, 0.29) is 0 Å². The smallest absolute Gasteiger partial charge is 0.131 e. The Morgan fingerprint density at radius 3 is 2.81 bits per heavy atom. The molecular weight excluding hydrogens is 222 g/mol. The molecule has 1 atom stereocenters. The van der Waals surface area contributed by atoms with Crippen LogP contribution in [0.3, 0.4) is 0 Å². The van der Waals surface area contributed by atoms with Gasteiger partial charge in [0.2, 0.25) is 0 Å². The fraction of sp³-hybridized carbons (Fsp3) is 0.417. The van der Waals surface area contributed by atoms with Crippen molar-refractivity contribution in [1.29, 1.82) is 0 Å². The SMILES string of the molecule is C=CC1CCCN1.CNc1cccc(Cl)n1. The first kappa shape index (κ1) is 13.0. The lowest BCUT2D eigenvalue weighted by atomic mass is 10.2. The molecule has 88 valence electrons. The van der Waals surface area contributed by atoms with Gasteiger partial charge in [-0.1, -0.05) is 23.7 Å². The Balaban J connectivity index is 0.000000165. The highest BCUT2D eigenvalue weighted by molar-refractivity contribution is 6.29. The first-order valence-corrected chi connectivity index (χ1v) is 5.80. The van der Waals surface area contributed by atoms with Crippen molar-refractivity contribution >= 4 is 17.4 Å². The van der Waals surface area contributed by atoms with E-state index in [9.17, 15) is 0 Å². The van der Waals surface area contributed by atoms with Crippen LogP contribution in [-0.2, 0) is 0 Å². The lowest BCUT2D eigenvalue weighted by Crippen LogP contribution is -2.17. The molecule has 1 fully saturated rings. The third-order valence-electron chi connectivity index (χ3n) is 2.35. The van der Waals surface area contributed by atoms with Crippen LogP contribution in [0.1, 0.15) is 12.8 Å². The molecule has 0 spiro atoms. The molecule has 1 aliphatic rings. The molecule has 0 bridgehead atoms. The number of rotatable bonds is 2. The normalized spacial score (nSPS) is 18.5. The highest BCUT2D eigenvalue weighted by atomic mass is 35.5. The first-order valence-electron chi connectivity index (χ1n) is 5.42. The molecule has 0 amide bonds. The highest BCUT2D eigenvalue weighted by Gasteiger charge is 2.07. The Kier molecular flexibility index (Phi) is 5.90. The van der Waals surface area contributed by atoms with Gasteiger partial charge < -0.3 is 10.6 Å². The van der Waals surface area contributed by atoms with Crippen molar-refractivity contribution in [3.8, 4) is 0 Å². The van der Waals surface area contributed by atoms with E-state index < -0.39 is 0 Å². The van der Waals surface area contributed by atoms with E-state index >= 15 is 0 Å². The Labute approximate surface area is 102 Å². The molecule has 0 radical (unpaired) electrons. The number of halogens is 1. The summed E-state index contributed by atoms with van der Waals surface area (Å²) in [7, 11) is 1.80. The maximum atomic E-state index is 5.57. The molecule has 1 aliphatic heterocycles. The summed E-state index contributed by atoms with van der Waals surface area (Å²) in [6.07, 6.45) is 4.58. The van der Waals surface area contributed by atoms with Crippen LogP contribution in [-0.4, -0.2) is 24.6 Å². The van der Waals surface area contributed by atoms with Gasteiger partial charge in [-0.05, 0) is 31.5 Å². The Hall–Kier alpha value is -1.06. The average Bonchev–Trinajstić information content (AvgIpc) is 2.82. The molecule has 1 unspecified atom stereocenters. The molecule has 16 heavy (non-hydrogen) atoms. The van der Waals surface area contributed by atoms with E-state index in [4.69, 9.17) is 11.6 Å². The van der Waals surface area contributed by atoms with E-state index in [1.807, 2.05) is 18.2 Å². The molecule has 2 rings (SSSR count). The number of nitrogens with one attached hydrogen (secondary N) is 2. The van der Waals surface area contributed by atoms with Crippen LogP contribution in [0.5, 0.6) is 0 Å². The van der Waals surface area contributed by atoms with Crippen molar-refractivity contribution in [2.24, 2.45) is 0 Å². The van der Waals surface area contributed by atoms with Crippen molar-refractivity contribution in [3.63, 3.8) is 0 Å². The number of nitrogens with zero attached hydrogens (tertiary/aromatic N) is 1. The first-order chi connectivity index (χ1) is 7.76. The lowest BCUT2D eigenvalue weighted by molar-refractivity contribution is 0.729. The van der Waals surface area contributed by atoms with Gasteiger partial charge >= 0.3 is 0 Å². The predicted octanol–water partition coefficient (Wildman–Crippen LogP) is 2.70. The zero-order valence-corrected chi connectivity index (χ0v) is 10.3. The molecule has 2 heterocycles. The maximum Gasteiger partial charge on any atom is 0.131 e. The van der Waals surface area contributed by atoms with Gasteiger partial charge in [0.1, 0.15) is 11.0 Å². The minimum Gasteiger partial charge on any atom is -0.373 e. The van der Waals surface area contributed by atoms with E-state index in [1.165, 1.54) is 19.4 Å². The number of pyridine rings is 1. The van der Waals surface area contributed by atoms with Gasteiger partial charge in [-0.25, -0.2) is 4.98 Å². The Bertz CT molecular complexity index is 322. The summed E-state index contributed by atoms with van der Waals surface area (Å²) in [6, 6.07) is 6.05. The number of aromatic nitrogens is 1. The van der Waals surface area contributed by atoms with Gasteiger partial charge in [-0.3, -0.25) is 0 Å². The van der Waals surface area contributed by atoms with Crippen LogP contribution in [0, 0.1) is 0 Å². The highest BCUT2D eigenvalue weighted by Crippen LogP contribution is 2.07. The maximum absolute atomic E-state index is 5.57. The molecule has 0 aromatic carbocycles. The second-order valence-corrected chi connectivity index (χ2v) is 3.92. The summed E-state index contributed by atoms with van der Waals surface area (Å²) in [5.41, 5.74) is 0. The van der Waals surface area contributed by atoms with E-state index in [2.05, 4.69) is 22.2 Å². The minimum atomic E-state index is 0.516. The van der Waals surface area contributed by atoms with Crippen LogP contribution in [0.25, 0.3) is 0 Å². The van der Waals surface area contributed by atoms with Gasteiger partial charge in [0, 0.05) is 13.1 Å². The van der Waals surface area contributed by atoms with Crippen molar-refractivity contribution in [2.45, 2.75) is 18.9 Å². The zero-order chi connectivity index (χ0) is 11.8.